The number of carbonyl (C=O) groups is 1. The number of carbonyl (C=O) groups excluding carboxylic acids is 1. The average Bonchev–Trinajstić information content (AvgIpc) is 2.96. The Morgan fingerprint density at radius 3 is 2.52 bits per heavy atom. The lowest BCUT2D eigenvalue weighted by atomic mass is 9.84. The van der Waals surface area contributed by atoms with Crippen LogP contribution in [-0.2, 0) is 14.8 Å². The first kappa shape index (κ1) is 26.1. The normalized spacial score (nSPS) is 28.7. The quantitative estimate of drug-likeness (QED) is 0.454. The Morgan fingerprint density at radius 2 is 1.91 bits per heavy atom. The zero-order valence-corrected chi connectivity index (χ0v) is 20.8. The molecule has 186 valence electrons. The Kier molecular flexibility index (Phi) is 8.89. The Balaban J connectivity index is 1.86. The van der Waals surface area contributed by atoms with Crippen molar-refractivity contribution in [1.29, 1.82) is 0 Å². The molecule has 1 heterocycles. The van der Waals surface area contributed by atoms with Gasteiger partial charge in [0.05, 0.1) is 11.3 Å². The number of halogens is 1. The number of rotatable bonds is 8. The van der Waals surface area contributed by atoms with E-state index in [0.29, 0.717) is 51.0 Å². The second-order valence-electron chi connectivity index (χ2n) is 9.44. The van der Waals surface area contributed by atoms with Crippen molar-refractivity contribution in [3.8, 4) is 0 Å². The third-order valence-corrected chi connectivity index (χ3v) is 9.13. The minimum Gasteiger partial charge on any atom is -0.360 e. The van der Waals surface area contributed by atoms with Crippen molar-refractivity contribution in [2.75, 3.05) is 39.0 Å². The van der Waals surface area contributed by atoms with E-state index in [0.717, 1.165) is 6.42 Å². The van der Waals surface area contributed by atoms with E-state index in [1.54, 1.807) is 31.4 Å². The third kappa shape index (κ3) is 6.12. The number of alkyl halides is 1. The molecule has 7 nitrogen and oxygen atoms in total. The van der Waals surface area contributed by atoms with Crippen LogP contribution in [0.5, 0.6) is 0 Å². The molecule has 0 radical (unpaired) electrons. The third-order valence-electron chi connectivity index (χ3n) is 7.05. The first-order valence-corrected chi connectivity index (χ1v) is 13.6. The highest BCUT2D eigenvalue weighted by Gasteiger charge is 2.49. The van der Waals surface area contributed by atoms with Gasteiger partial charge >= 0.3 is 0 Å². The van der Waals surface area contributed by atoms with Crippen LogP contribution in [0, 0.1) is 5.92 Å². The van der Waals surface area contributed by atoms with Gasteiger partial charge in [0.25, 0.3) is 5.91 Å². The molecule has 0 spiro atoms. The van der Waals surface area contributed by atoms with Gasteiger partial charge in [0.2, 0.25) is 10.0 Å². The maximum atomic E-state index is 15.2. The fraction of sp³-hybridized carbons (Fsp3) is 0.708. The van der Waals surface area contributed by atoms with Crippen molar-refractivity contribution in [2.24, 2.45) is 5.92 Å². The molecule has 2 fully saturated rings. The molecule has 3 rings (SSSR count). The van der Waals surface area contributed by atoms with Gasteiger partial charge in [-0.1, -0.05) is 32.0 Å². The van der Waals surface area contributed by atoms with Gasteiger partial charge in [-0.25, -0.2) is 12.8 Å². The Hall–Kier alpha value is -1.55. The molecular weight excluding hydrogens is 445 g/mol. The van der Waals surface area contributed by atoms with Crippen LogP contribution < -0.4 is 5.32 Å². The molecule has 1 N–H and O–H groups in total. The number of hydrogen-bond acceptors (Lipinski definition) is 5. The highest BCUT2D eigenvalue weighted by Crippen LogP contribution is 2.40. The van der Waals surface area contributed by atoms with Crippen molar-refractivity contribution in [3.63, 3.8) is 0 Å². The van der Waals surface area contributed by atoms with Gasteiger partial charge in [-0.2, -0.15) is 4.31 Å². The lowest BCUT2D eigenvalue weighted by Crippen LogP contribution is -2.67. The lowest BCUT2D eigenvalue weighted by molar-refractivity contribution is -0.0916. The van der Waals surface area contributed by atoms with Gasteiger partial charge in [0.15, 0.2) is 0 Å². The standard InChI is InChI=1S/C24H38FN3O4S/c1-4-16-33(30,31)28-14-12-27(13-15-28)24(11-10-19(2)17-21(25)18-24)23(32-3)26-22(29)20-8-6-5-7-9-20/h5-9,19,21,23H,4,10-18H2,1-3H3,(H,26,29). The van der Waals surface area contributed by atoms with Crippen LogP contribution in [0.1, 0.15) is 56.3 Å². The second kappa shape index (κ2) is 11.3. The predicted molar refractivity (Wildman–Crippen MR) is 127 cm³/mol. The smallest absolute Gasteiger partial charge is 0.253 e. The molecule has 1 aliphatic heterocycles. The lowest BCUT2D eigenvalue weighted by Gasteiger charge is -2.51. The van der Waals surface area contributed by atoms with Crippen LogP contribution in [0.15, 0.2) is 30.3 Å². The summed E-state index contributed by atoms with van der Waals surface area (Å²) >= 11 is 0. The Bertz CT molecular complexity index is 877. The van der Waals surface area contributed by atoms with E-state index in [1.165, 1.54) is 4.31 Å². The molecule has 1 aromatic rings. The molecule has 33 heavy (non-hydrogen) atoms. The van der Waals surface area contributed by atoms with Gasteiger partial charge in [0, 0.05) is 45.3 Å². The maximum Gasteiger partial charge on any atom is 0.253 e. The van der Waals surface area contributed by atoms with Crippen LogP contribution >= 0.6 is 0 Å². The fourth-order valence-corrected chi connectivity index (χ4v) is 6.81. The predicted octanol–water partition coefficient (Wildman–Crippen LogP) is 3.03. The minimum absolute atomic E-state index is 0.135. The zero-order valence-electron chi connectivity index (χ0n) is 20.0. The van der Waals surface area contributed by atoms with Gasteiger partial charge in [-0.3, -0.25) is 9.69 Å². The molecule has 1 saturated heterocycles. The van der Waals surface area contributed by atoms with Crippen LogP contribution in [-0.4, -0.2) is 80.5 Å². The molecule has 2 aliphatic rings. The summed E-state index contributed by atoms with van der Waals surface area (Å²) in [6, 6.07) is 8.91. The fourth-order valence-electron chi connectivity index (χ4n) is 5.31. The second-order valence-corrected chi connectivity index (χ2v) is 11.5. The van der Waals surface area contributed by atoms with Crippen LogP contribution in [0.2, 0.25) is 0 Å². The topological polar surface area (TPSA) is 79.0 Å². The SMILES string of the molecule is CCCS(=O)(=O)N1CCN(C2(C(NC(=O)c3ccccc3)OC)CCC(C)CC(F)C2)CC1. The first-order valence-electron chi connectivity index (χ1n) is 12.0. The molecule has 1 aliphatic carbocycles. The van der Waals surface area contributed by atoms with Crippen molar-refractivity contribution in [2.45, 2.75) is 63.9 Å². The van der Waals surface area contributed by atoms with Gasteiger partial charge in [-0.05, 0) is 43.7 Å². The average molecular weight is 484 g/mol. The molecule has 4 atom stereocenters. The number of hydrogen-bond donors (Lipinski definition) is 1. The number of sulfonamides is 1. The summed E-state index contributed by atoms with van der Waals surface area (Å²) in [5.74, 6) is 0.102. The van der Waals surface area contributed by atoms with Crippen LogP contribution in [0.4, 0.5) is 4.39 Å². The summed E-state index contributed by atoms with van der Waals surface area (Å²) in [6.07, 6.45) is 1.05. The maximum absolute atomic E-state index is 15.2. The number of benzene rings is 1. The monoisotopic (exact) mass is 483 g/mol. The minimum atomic E-state index is -3.28. The number of amides is 1. The number of methoxy groups -OCH3 is 1. The van der Waals surface area contributed by atoms with Gasteiger partial charge in [0.1, 0.15) is 12.4 Å². The van der Waals surface area contributed by atoms with Crippen molar-refractivity contribution >= 4 is 15.9 Å². The molecule has 1 aromatic carbocycles. The summed E-state index contributed by atoms with van der Waals surface area (Å²) in [5, 5.41) is 3.01. The Morgan fingerprint density at radius 1 is 1.24 bits per heavy atom. The van der Waals surface area contributed by atoms with Crippen molar-refractivity contribution in [3.05, 3.63) is 35.9 Å². The first-order chi connectivity index (χ1) is 15.7. The van der Waals surface area contributed by atoms with E-state index >= 15 is 4.39 Å². The van der Waals surface area contributed by atoms with Gasteiger partial charge < -0.3 is 10.1 Å². The summed E-state index contributed by atoms with van der Waals surface area (Å²) in [6.45, 7) is 5.59. The van der Waals surface area contributed by atoms with E-state index in [9.17, 15) is 13.2 Å². The number of piperazine rings is 1. The van der Waals surface area contributed by atoms with E-state index in [2.05, 4.69) is 17.1 Å². The highest BCUT2D eigenvalue weighted by atomic mass is 32.2. The van der Waals surface area contributed by atoms with Crippen LogP contribution in [0.25, 0.3) is 0 Å². The molecule has 9 heteroatoms. The summed E-state index contributed by atoms with van der Waals surface area (Å²) < 4.78 is 47.7. The molecule has 1 amide bonds. The summed E-state index contributed by atoms with van der Waals surface area (Å²) in [7, 11) is -1.74. The van der Waals surface area contributed by atoms with Crippen molar-refractivity contribution < 1.29 is 22.3 Å². The summed E-state index contributed by atoms with van der Waals surface area (Å²) in [5.41, 5.74) is -0.228. The highest BCUT2D eigenvalue weighted by molar-refractivity contribution is 7.89. The van der Waals surface area contributed by atoms with E-state index in [4.69, 9.17) is 4.74 Å². The van der Waals surface area contributed by atoms with Gasteiger partial charge in [-0.15, -0.1) is 0 Å². The largest absolute Gasteiger partial charge is 0.360 e. The molecule has 1 saturated carbocycles. The van der Waals surface area contributed by atoms with E-state index < -0.39 is 28.0 Å². The molecule has 4 unspecified atom stereocenters. The number of ether oxygens (including phenoxy) is 1. The Labute approximate surface area is 197 Å². The van der Waals surface area contributed by atoms with E-state index in [1.807, 2.05) is 13.0 Å². The molecule has 0 aromatic heterocycles. The molecule has 0 bridgehead atoms. The summed E-state index contributed by atoms with van der Waals surface area (Å²) in [4.78, 5) is 15.1. The molecular formula is C24H38FN3O4S. The number of nitrogens with zero attached hydrogens (tertiary/aromatic N) is 2. The zero-order chi connectivity index (χ0) is 24.1. The van der Waals surface area contributed by atoms with Crippen molar-refractivity contribution in [1.82, 2.24) is 14.5 Å². The van der Waals surface area contributed by atoms with E-state index in [-0.39, 0.29) is 24.0 Å². The van der Waals surface area contributed by atoms with Crippen LogP contribution in [0.3, 0.4) is 0 Å². The number of nitrogens with one attached hydrogen (secondary N) is 1.